The summed E-state index contributed by atoms with van der Waals surface area (Å²) in [7, 11) is 0. The first-order chi connectivity index (χ1) is 11.7. The van der Waals surface area contributed by atoms with Gasteiger partial charge in [-0.2, -0.15) is 0 Å². The molecule has 4 rings (SSSR count). The molecule has 3 heterocycles. The maximum atomic E-state index is 13.0. The van der Waals surface area contributed by atoms with E-state index in [0.29, 0.717) is 17.2 Å². The van der Waals surface area contributed by atoms with Crippen molar-refractivity contribution in [2.45, 2.75) is 19.8 Å². The van der Waals surface area contributed by atoms with Gasteiger partial charge in [-0.15, -0.1) is 11.3 Å². The van der Waals surface area contributed by atoms with Crippen molar-refractivity contribution in [1.82, 2.24) is 14.9 Å². The molecule has 1 aliphatic rings. The minimum Gasteiger partial charge on any atom is -0.339 e. The maximum absolute atomic E-state index is 13.0. The van der Waals surface area contributed by atoms with Gasteiger partial charge in [-0.3, -0.25) is 9.78 Å². The number of pyridine rings is 1. The summed E-state index contributed by atoms with van der Waals surface area (Å²) in [6.45, 7) is 3.90. The quantitative estimate of drug-likeness (QED) is 0.703. The number of carbonyl (C=O) groups is 1. The van der Waals surface area contributed by atoms with E-state index in [0.717, 1.165) is 41.2 Å². The fourth-order valence-electron chi connectivity index (χ4n) is 3.10. The second kappa shape index (κ2) is 6.32. The van der Waals surface area contributed by atoms with Crippen molar-refractivity contribution < 1.29 is 4.79 Å². The van der Waals surface area contributed by atoms with Gasteiger partial charge in [0, 0.05) is 19.3 Å². The van der Waals surface area contributed by atoms with Gasteiger partial charge in [-0.05, 0) is 43.0 Å². The van der Waals surface area contributed by atoms with E-state index in [-0.39, 0.29) is 5.91 Å². The van der Waals surface area contributed by atoms with Crippen molar-refractivity contribution in [1.29, 1.82) is 0 Å². The van der Waals surface area contributed by atoms with Crippen LogP contribution in [0.25, 0.3) is 20.9 Å². The second-order valence-electron chi connectivity index (χ2n) is 6.36. The zero-order valence-corrected chi connectivity index (χ0v) is 14.4. The fourth-order valence-corrected chi connectivity index (χ4v) is 4.08. The predicted octanol–water partition coefficient (Wildman–Crippen LogP) is 4.23. The van der Waals surface area contributed by atoms with Crippen molar-refractivity contribution in [3.8, 4) is 10.7 Å². The molecule has 1 aromatic carbocycles. The number of rotatable bonds is 2. The highest BCUT2D eigenvalue weighted by atomic mass is 32.1. The van der Waals surface area contributed by atoms with Crippen LogP contribution in [0.2, 0.25) is 0 Å². The van der Waals surface area contributed by atoms with Crippen LogP contribution in [0, 0.1) is 5.92 Å². The summed E-state index contributed by atoms with van der Waals surface area (Å²) >= 11 is 1.58. The first-order valence-electron chi connectivity index (χ1n) is 8.32. The Morgan fingerprint density at radius 3 is 2.75 bits per heavy atom. The van der Waals surface area contributed by atoms with Crippen molar-refractivity contribution in [3.63, 3.8) is 0 Å². The van der Waals surface area contributed by atoms with E-state index >= 15 is 0 Å². The van der Waals surface area contributed by atoms with Crippen molar-refractivity contribution >= 4 is 27.5 Å². The molecule has 0 aliphatic carbocycles. The molecule has 0 saturated carbocycles. The van der Waals surface area contributed by atoms with Crippen LogP contribution >= 0.6 is 11.3 Å². The number of para-hydroxylation sites is 1. The average Bonchev–Trinajstić information content (AvgIpc) is 3.06. The standard InChI is InChI=1S/C19H19N3OS/c1-13-8-11-22(12-9-13)19(23)14-5-4-10-20-17(14)18-21-15-6-2-3-7-16(15)24-18/h2-7,10,13H,8-9,11-12H2,1H3. The summed E-state index contributed by atoms with van der Waals surface area (Å²) in [4.78, 5) is 24.1. The first-order valence-corrected chi connectivity index (χ1v) is 9.14. The third-order valence-electron chi connectivity index (χ3n) is 4.61. The SMILES string of the molecule is CC1CCN(C(=O)c2cccnc2-c2nc3ccccc3s2)CC1. The Kier molecular flexibility index (Phi) is 4.02. The summed E-state index contributed by atoms with van der Waals surface area (Å²) in [5.41, 5.74) is 2.31. The monoisotopic (exact) mass is 337 g/mol. The summed E-state index contributed by atoms with van der Waals surface area (Å²) in [5, 5.41) is 0.811. The van der Waals surface area contributed by atoms with E-state index in [4.69, 9.17) is 0 Å². The molecular formula is C19H19N3OS. The van der Waals surface area contributed by atoms with Crippen LogP contribution in [0.15, 0.2) is 42.6 Å². The lowest BCUT2D eigenvalue weighted by molar-refractivity contribution is 0.0697. The summed E-state index contributed by atoms with van der Waals surface area (Å²) in [6, 6.07) is 11.7. The van der Waals surface area contributed by atoms with E-state index in [1.165, 1.54) is 0 Å². The summed E-state index contributed by atoms with van der Waals surface area (Å²) < 4.78 is 1.11. The number of carbonyl (C=O) groups excluding carboxylic acids is 1. The van der Waals surface area contributed by atoms with Crippen molar-refractivity contribution in [3.05, 3.63) is 48.2 Å². The van der Waals surface area contributed by atoms with Crippen LogP contribution in [0.1, 0.15) is 30.1 Å². The molecule has 0 radical (unpaired) electrons. The molecule has 1 aliphatic heterocycles. The lowest BCUT2D eigenvalue weighted by Gasteiger charge is -2.30. The molecule has 0 spiro atoms. The number of benzene rings is 1. The zero-order chi connectivity index (χ0) is 16.5. The summed E-state index contributed by atoms with van der Waals surface area (Å²) in [5.74, 6) is 0.774. The highest BCUT2D eigenvalue weighted by molar-refractivity contribution is 7.21. The molecule has 1 saturated heterocycles. The molecule has 1 fully saturated rings. The van der Waals surface area contributed by atoms with Gasteiger partial charge in [0.05, 0.1) is 15.8 Å². The van der Waals surface area contributed by atoms with Gasteiger partial charge in [0.1, 0.15) is 10.7 Å². The molecule has 2 aromatic heterocycles. The molecule has 0 atom stereocenters. The lowest BCUT2D eigenvalue weighted by atomic mass is 9.98. The number of likely N-dealkylation sites (tertiary alicyclic amines) is 1. The van der Waals surface area contributed by atoms with E-state index in [2.05, 4.69) is 16.9 Å². The normalized spacial score (nSPS) is 15.8. The highest BCUT2D eigenvalue weighted by Crippen LogP contribution is 2.31. The van der Waals surface area contributed by atoms with Crippen LogP contribution in [-0.2, 0) is 0 Å². The Morgan fingerprint density at radius 2 is 1.96 bits per heavy atom. The number of aromatic nitrogens is 2. The smallest absolute Gasteiger partial charge is 0.256 e. The number of amides is 1. The van der Waals surface area contributed by atoms with E-state index < -0.39 is 0 Å². The number of piperidine rings is 1. The maximum Gasteiger partial charge on any atom is 0.256 e. The lowest BCUT2D eigenvalue weighted by Crippen LogP contribution is -2.38. The molecule has 1 amide bonds. The van der Waals surface area contributed by atoms with Crippen LogP contribution in [0.5, 0.6) is 0 Å². The van der Waals surface area contributed by atoms with Gasteiger partial charge in [-0.25, -0.2) is 4.98 Å². The Hall–Kier alpha value is -2.27. The molecule has 122 valence electrons. The van der Waals surface area contributed by atoms with Gasteiger partial charge in [0.15, 0.2) is 0 Å². The van der Waals surface area contributed by atoms with Gasteiger partial charge >= 0.3 is 0 Å². The van der Waals surface area contributed by atoms with E-state index in [9.17, 15) is 4.79 Å². The summed E-state index contributed by atoms with van der Waals surface area (Å²) in [6.07, 6.45) is 3.88. The van der Waals surface area contributed by atoms with E-state index in [1.807, 2.05) is 41.3 Å². The number of nitrogens with zero attached hydrogens (tertiary/aromatic N) is 3. The third-order valence-corrected chi connectivity index (χ3v) is 5.65. The van der Waals surface area contributed by atoms with Gasteiger partial charge in [-0.1, -0.05) is 19.1 Å². The zero-order valence-electron chi connectivity index (χ0n) is 13.6. The van der Waals surface area contributed by atoms with Crippen molar-refractivity contribution in [2.24, 2.45) is 5.92 Å². The van der Waals surface area contributed by atoms with Gasteiger partial charge < -0.3 is 4.90 Å². The number of fused-ring (bicyclic) bond motifs is 1. The second-order valence-corrected chi connectivity index (χ2v) is 7.39. The Morgan fingerprint density at radius 1 is 1.17 bits per heavy atom. The molecule has 0 bridgehead atoms. The van der Waals surface area contributed by atoms with Crippen molar-refractivity contribution in [2.75, 3.05) is 13.1 Å². The minimum absolute atomic E-state index is 0.0734. The topological polar surface area (TPSA) is 46.1 Å². The van der Waals surface area contributed by atoms with Crippen LogP contribution in [0.4, 0.5) is 0 Å². The van der Waals surface area contributed by atoms with Crippen LogP contribution < -0.4 is 0 Å². The average molecular weight is 337 g/mol. The van der Waals surface area contributed by atoms with E-state index in [1.54, 1.807) is 17.5 Å². The van der Waals surface area contributed by atoms with Crippen LogP contribution in [0.3, 0.4) is 0 Å². The minimum atomic E-state index is 0.0734. The molecule has 24 heavy (non-hydrogen) atoms. The molecule has 3 aromatic rings. The fraction of sp³-hybridized carbons (Fsp3) is 0.316. The number of hydrogen-bond acceptors (Lipinski definition) is 4. The molecule has 5 heteroatoms. The Balaban J connectivity index is 1.71. The predicted molar refractivity (Wildman–Crippen MR) is 97.2 cm³/mol. The van der Waals surface area contributed by atoms with Gasteiger partial charge in [0.25, 0.3) is 5.91 Å². The Labute approximate surface area is 145 Å². The van der Waals surface area contributed by atoms with Gasteiger partial charge in [0.2, 0.25) is 0 Å². The molecule has 0 N–H and O–H groups in total. The molecule has 0 unspecified atom stereocenters. The highest BCUT2D eigenvalue weighted by Gasteiger charge is 2.25. The third kappa shape index (κ3) is 2.80. The number of thiazole rings is 1. The van der Waals surface area contributed by atoms with Crippen LogP contribution in [-0.4, -0.2) is 33.9 Å². The first kappa shape index (κ1) is 15.3. The Bertz CT molecular complexity index is 848. The number of hydrogen-bond donors (Lipinski definition) is 0. The molecular weight excluding hydrogens is 318 g/mol. The molecule has 4 nitrogen and oxygen atoms in total. The largest absolute Gasteiger partial charge is 0.339 e.